The van der Waals surface area contributed by atoms with Gasteiger partial charge in [-0.25, -0.2) is 14.8 Å². The molecular formula is C16H16N4O3S. The number of aromatic amines is 1. The Labute approximate surface area is 142 Å². The first kappa shape index (κ1) is 16.1. The van der Waals surface area contributed by atoms with Gasteiger partial charge in [-0.15, -0.1) is 11.3 Å². The summed E-state index contributed by atoms with van der Waals surface area (Å²) in [6.07, 6.45) is 2.95. The summed E-state index contributed by atoms with van der Waals surface area (Å²) in [6.45, 7) is 5.18. The predicted molar refractivity (Wildman–Crippen MR) is 91.4 cm³/mol. The van der Waals surface area contributed by atoms with Crippen LogP contribution in [-0.2, 0) is 0 Å². The number of nitrogens with zero attached hydrogens (tertiary/aromatic N) is 3. The standard InChI is InChI=1S/C16H16N4O3S/c1-3-20(4-2)15(21)12-6-5-11(24-12)10-8-18-14-13(19-10)9(7-17-14)16(22)23/h5-8H,3-4H2,1-2H3,(H,17,18)(H,22,23). The highest BCUT2D eigenvalue weighted by Crippen LogP contribution is 2.28. The van der Waals surface area contributed by atoms with Crippen LogP contribution in [0.5, 0.6) is 0 Å². The Hall–Kier alpha value is -2.74. The van der Waals surface area contributed by atoms with E-state index < -0.39 is 5.97 Å². The number of thiophene rings is 1. The van der Waals surface area contributed by atoms with E-state index in [-0.39, 0.29) is 11.5 Å². The molecule has 0 aromatic carbocycles. The number of hydrogen-bond donors (Lipinski definition) is 2. The molecule has 7 nitrogen and oxygen atoms in total. The molecule has 0 radical (unpaired) electrons. The Kier molecular flexibility index (Phi) is 4.30. The number of rotatable bonds is 5. The van der Waals surface area contributed by atoms with Crippen LogP contribution < -0.4 is 0 Å². The van der Waals surface area contributed by atoms with Crippen molar-refractivity contribution < 1.29 is 14.7 Å². The van der Waals surface area contributed by atoms with E-state index in [1.807, 2.05) is 19.9 Å². The molecule has 0 fully saturated rings. The number of aromatic carboxylic acids is 1. The molecule has 2 N–H and O–H groups in total. The van der Waals surface area contributed by atoms with Crippen molar-refractivity contribution >= 4 is 34.4 Å². The third kappa shape index (κ3) is 2.76. The van der Waals surface area contributed by atoms with E-state index in [2.05, 4.69) is 15.0 Å². The summed E-state index contributed by atoms with van der Waals surface area (Å²) in [4.78, 5) is 38.2. The normalized spacial score (nSPS) is 10.9. The zero-order chi connectivity index (χ0) is 17.3. The Morgan fingerprint density at radius 3 is 2.71 bits per heavy atom. The predicted octanol–water partition coefficient (Wildman–Crippen LogP) is 2.87. The molecule has 0 spiro atoms. The molecule has 0 aliphatic carbocycles. The number of carboxylic acid groups (broad SMARTS) is 1. The summed E-state index contributed by atoms with van der Waals surface area (Å²) in [5.41, 5.74) is 1.36. The molecule has 0 atom stereocenters. The Balaban J connectivity index is 1.98. The Morgan fingerprint density at radius 2 is 2.04 bits per heavy atom. The van der Waals surface area contributed by atoms with E-state index in [0.29, 0.717) is 34.8 Å². The van der Waals surface area contributed by atoms with E-state index in [4.69, 9.17) is 0 Å². The van der Waals surface area contributed by atoms with Crippen LogP contribution in [0, 0.1) is 0 Å². The van der Waals surface area contributed by atoms with Crippen molar-refractivity contribution in [2.45, 2.75) is 13.8 Å². The number of carboxylic acids is 1. The second kappa shape index (κ2) is 6.40. The minimum Gasteiger partial charge on any atom is -0.478 e. The largest absolute Gasteiger partial charge is 0.478 e. The maximum atomic E-state index is 12.4. The molecule has 0 saturated heterocycles. The molecule has 0 saturated carbocycles. The topological polar surface area (TPSA) is 99.2 Å². The number of nitrogens with one attached hydrogen (secondary N) is 1. The van der Waals surface area contributed by atoms with Gasteiger partial charge in [0.25, 0.3) is 5.91 Å². The average Bonchev–Trinajstić information content (AvgIpc) is 3.22. The minimum absolute atomic E-state index is 0.0156. The number of carbonyl (C=O) groups excluding carboxylic acids is 1. The van der Waals surface area contributed by atoms with Gasteiger partial charge in [-0.3, -0.25) is 4.79 Å². The van der Waals surface area contributed by atoms with E-state index in [1.54, 1.807) is 17.2 Å². The first-order valence-electron chi connectivity index (χ1n) is 7.52. The lowest BCUT2D eigenvalue weighted by molar-refractivity contribution is 0.0698. The summed E-state index contributed by atoms with van der Waals surface area (Å²) in [7, 11) is 0. The van der Waals surface area contributed by atoms with Crippen molar-refractivity contribution in [2.24, 2.45) is 0 Å². The molecular weight excluding hydrogens is 328 g/mol. The van der Waals surface area contributed by atoms with Crippen molar-refractivity contribution in [2.75, 3.05) is 13.1 Å². The molecule has 3 aromatic heterocycles. The van der Waals surface area contributed by atoms with Gasteiger partial charge in [-0.05, 0) is 26.0 Å². The number of fused-ring (bicyclic) bond motifs is 1. The summed E-state index contributed by atoms with van der Waals surface area (Å²) in [6, 6.07) is 3.58. The fourth-order valence-corrected chi connectivity index (χ4v) is 3.36. The number of H-pyrrole nitrogens is 1. The number of carbonyl (C=O) groups is 2. The third-order valence-electron chi connectivity index (χ3n) is 3.73. The number of hydrogen-bond acceptors (Lipinski definition) is 5. The van der Waals surface area contributed by atoms with Crippen LogP contribution >= 0.6 is 11.3 Å². The zero-order valence-electron chi connectivity index (χ0n) is 13.2. The smallest absolute Gasteiger partial charge is 0.339 e. The molecule has 0 aliphatic rings. The maximum Gasteiger partial charge on any atom is 0.339 e. The van der Waals surface area contributed by atoms with Gasteiger partial charge < -0.3 is 15.0 Å². The molecule has 0 bridgehead atoms. The molecule has 3 heterocycles. The van der Waals surface area contributed by atoms with Gasteiger partial charge in [0.15, 0.2) is 5.65 Å². The number of aromatic nitrogens is 3. The van der Waals surface area contributed by atoms with Crippen LogP contribution in [0.2, 0.25) is 0 Å². The lowest BCUT2D eigenvalue weighted by Gasteiger charge is -2.17. The lowest BCUT2D eigenvalue weighted by Crippen LogP contribution is -2.29. The first-order valence-corrected chi connectivity index (χ1v) is 8.33. The molecule has 3 aromatic rings. The van der Waals surface area contributed by atoms with E-state index >= 15 is 0 Å². The number of amides is 1. The van der Waals surface area contributed by atoms with Crippen molar-refractivity contribution in [1.82, 2.24) is 19.9 Å². The van der Waals surface area contributed by atoms with Gasteiger partial charge in [0, 0.05) is 19.3 Å². The fourth-order valence-electron chi connectivity index (χ4n) is 2.43. The van der Waals surface area contributed by atoms with Gasteiger partial charge in [-0.2, -0.15) is 0 Å². The van der Waals surface area contributed by atoms with Crippen LogP contribution in [0.3, 0.4) is 0 Å². The van der Waals surface area contributed by atoms with Crippen LogP contribution in [0.4, 0.5) is 0 Å². The summed E-state index contributed by atoms with van der Waals surface area (Å²) in [5, 5.41) is 9.19. The van der Waals surface area contributed by atoms with Gasteiger partial charge in [0.2, 0.25) is 0 Å². The summed E-state index contributed by atoms with van der Waals surface area (Å²) >= 11 is 1.33. The van der Waals surface area contributed by atoms with E-state index in [1.165, 1.54) is 17.5 Å². The highest BCUT2D eigenvalue weighted by Gasteiger charge is 2.18. The van der Waals surface area contributed by atoms with E-state index in [0.717, 1.165) is 4.88 Å². The molecule has 3 rings (SSSR count). The molecule has 0 aliphatic heterocycles. The molecule has 8 heteroatoms. The first-order chi connectivity index (χ1) is 11.5. The van der Waals surface area contributed by atoms with Crippen molar-refractivity contribution in [3.63, 3.8) is 0 Å². The molecule has 124 valence electrons. The zero-order valence-corrected chi connectivity index (χ0v) is 14.1. The van der Waals surface area contributed by atoms with Gasteiger partial charge in [0.05, 0.1) is 21.6 Å². The molecule has 0 unspecified atom stereocenters. The molecule has 1 amide bonds. The van der Waals surface area contributed by atoms with Crippen molar-refractivity contribution in [1.29, 1.82) is 0 Å². The maximum absolute atomic E-state index is 12.4. The lowest BCUT2D eigenvalue weighted by atomic mass is 10.3. The molecule has 24 heavy (non-hydrogen) atoms. The second-order valence-electron chi connectivity index (χ2n) is 5.10. The van der Waals surface area contributed by atoms with E-state index in [9.17, 15) is 14.7 Å². The summed E-state index contributed by atoms with van der Waals surface area (Å²) < 4.78 is 0. The van der Waals surface area contributed by atoms with Gasteiger partial charge in [0.1, 0.15) is 11.1 Å². The Bertz CT molecular complexity index is 911. The third-order valence-corrected chi connectivity index (χ3v) is 4.83. The highest BCUT2D eigenvalue weighted by molar-refractivity contribution is 7.17. The van der Waals surface area contributed by atoms with Crippen LogP contribution in [0.1, 0.15) is 33.9 Å². The van der Waals surface area contributed by atoms with Crippen LogP contribution in [-0.4, -0.2) is 49.9 Å². The second-order valence-corrected chi connectivity index (χ2v) is 6.19. The van der Waals surface area contributed by atoms with Gasteiger partial charge in [-0.1, -0.05) is 0 Å². The minimum atomic E-state index is -1.06. The van der Waals surface area contributed by atoms with Crippen LogP contribution in [0.25, 0.3) is 21.7 Å². The summed E-state index contributed by atoms with van der Waals surface area (Å²) in [5.74, 6) is -1.07. The van der Waals surface area contributed by atoms with Crippen LogP contribution in [0.15, 0.2) is 24.5 Å². The fraction of sp³-hybridized carbons (Fsp3) is 0.250. The average molecular weight is 344 g/mol. The van der Waals surface area contributed by atoms with Gasteiger partial charge >= 0.3 is 5.97 Å². The quantitative estimate of drug-likeness (QED) is 0.741. The monoisotopic (exact) mass is 344 g/mol. The SMILES string of the molecule is CCN(CC)C(=O)c1ccc(-c2cnc3[nH]cc(C(=O)O)c3n2)s1. The highest BCUT2D eigenvalue weighted by atomic mass is 32.1. The van der Waals surface area contributed by atoms with Crippen molar-refractivity contribution in [3.8, 4) is 10.6 Å². The van der Waals surface area contributed by atoms with Crippen molar-refractivity contribution in [3.05, 3.63) is 35.0 Å². The Morgan fingerprint density at radius 1 is 1.29 bits per heavy atom.